The Bertz CT molecular complexity index is 1130. The lowest BCUT2D eigenvalue weighted by atomic mass is 10.2. The number of rotatable bonds is 8. The molecule has 0 aliphatic carbocycles. The first-order valence-corrected chi connectivity index (χ1v) is 11.0. The van der Waals surface area contributed by atoms with Gasteiger partial charge in [-0.05, 0) is 51.1 Å². The van der Waals surface area contributed by atoms with Gasteiger partial charge in [0.1, 0.15) is 5.75 Å². The van der Waals surface area contributed by atoms with Gasteiger partial charge >= 0.3 is 0 Å². The number of nitro benzene ring substituents is 1. The van der Waals surface area contributed by atoms with Gasteiger partial charge in [0.2, 0.25) is 5.91 Å². The summed E-state index contributed by atoms with van der Waals surface area (Å²) in [6, 6.07) is 11.4. The fraction of sp³-hybridized carbons (Fsp3) is 0.286. The predicted octanol–water partition coefficient (Wildman–Crippen LogP) is 5.22. The maximum atomic E-state index is 12.7. The standard InChI is InChI=1S/C21H22ClN5O4S/c1-12(2)26-19(14-5-8-16(31-4)9-6-14)24-25-21(26)32-13(3)20(28)23-18-11-15(27(29)30)7-10-17(18)22/h5-13H,1-4H3,(H,23,28)/t13-/m0/s1. The Hall–Kier alpha value is -3.11. The second kappa shape index (κ2) is 10.0. The normalized spacial score (nSPS) is 11.9. The third kappa shape index (κ3) is 5.20. The Labute approximate surface area is 194 Å². The summed E-state index contributed by atoms with van der Waals surface area (Å²) in [4.78, 5) is 23.2. The maximum Gasteiger partial charge on any atom is 0.271 e. The van der Waals surface area contributed by atoms with Gasteiger partial charge in [0.05, 0.1) is 28.0 Å². The van der Waals surface area contributed by atoms with Crippen molar-refractivity contribution in [2.45, 2.75) is 37.2 Å². The summed E-state index contributed by atoms with van der Waals surface area (Å²) in [5.74, 6) is 1.06. The van der Waals surface area contributed by atoms with Crippen LogP contribution in [-0.4, -0.2) is 38.0 Å². The third-order valence-electron chi connectivity index (χ3n) is 4.60. The van der Waals surface area contributed by atoms with Gasteiger partial charge in [0.15, 0.2) is 11.0 Å². The first-order valence-electron chi connectivity index (χ1n) is 9.72. The second-order valence-electron chi connectivity index (χ2n) is 7.17. The van der Waals surface area contributed by atoms with Crippen LogP contribution in [-0.2, 0) is 4.79 Å². The molecule has 32 heavy (non-hydrogen) atoms. The van der Waals surface area contributed by atoms with Gasteiger partial charge in [0.25, 0.3) is 5.69 Å². The summed E-state index contributed by atoms with van der Waals surface area (Å²) in [7, 11) is 1.60. The summed E-state index contributed by atoms with van der Waals surface area (Å²) in [5.41, 5.74) is 0.899. The van der Waals surface area contributed by atoms with Crippen LogP contribution >= 0.6 is 23.4 Å². The fourth-order valence-electron chi connectivity index (χ4n) is 2.93. The Morgan fingerprint density at radius 2 is 1.88 bits per heavy atom. The molecule has 0 fully saturated rings. The smallest absolute Gasteiger partial charge is 0.271 e. The minimum atomic E-state index is -0.559. The Kier molecular flexibility index (Phi) is 7.37. The van der Waals surface area contributed by atoms with E-state index >= 15 is 0 Å². The van der Waals surface area contributed by atoms with Crippen LogP contribution in [0.2, 0.25) is 5.02 Å². The van der Waals surface area contributed by atoms with E-state index in [1.807, 2.05) is 42.7 Å². The Balaban J connectivity index is 1.80. The molecule has 3 rings (SSSR count). The molecule has 1 heterocycles. The number of amides is 1. The van der Waals surface area contributed by atoms with Crippen LogP contribution in [0.25, 0.3) is 11.4 Å². The maximum absolute atomic E-state index is 12.7. The zero-order valence-corrected chi connectivity index (χ0v) is 19.5. The first-order chi connectivity index (χ1) is 15.2. The average Bonchev–Trinajstić information content (AvgIpc) is 3.18. The van der Waals surface area contributed by atoms with Crippen LogP contribution in [0, 0.1) is 10.1 Å². The van der Waals surface area contributed by atoms with E-state index < -0.39 is 10.2 Å². The number of hydrogen-bond donors (Lipinski definition) is 1. The molecule has 1 amide bonds. The molecule has 0 saturated heterocycles. The molecule has 0 unspecified atom stereocenters. The molecule has 1 N–H and O–H groups in total. The minimum Gasteiger partial charge on any atom is -0.497 e. The molecule has 1 aromatic heterocycles. The number of anilines is 1. The lowest BCUT2D eigenvalue weighted by Gasteiger charge is -2.16. The summed E-state index contributed by atoms with van der Waals surface area (Å²) in [6.07, 6.45) is 0. The van der Waals surface area contributed by atoms with Crippen molar-refractivity contribution in [2.75, 3.05) is 12.4 Å². The monoisotopic (exact) mass is 475 g/mol. The molecular formula is C21H22ClN5O4S. The van der Waals surface area contributed by atoms with Gasteiger partial charge in [-0.1, -0.05) is 23.4 Å². The van der Waals surface area contributed by atoms with Crippen LogP contribution in [0.5, 0.6) is 5.75 Å². The van der Waals surface area contributed by atoms with Crippen molar-refractivity contribution in [3.8, 4) is 17.1 Å². The minimum absolute atomic E-state index is 0.0473. The van der Waals surface area contributed by atoms with Crippen molar-refractivity contribution in [1.82, 2.24) is 14.8 Å². The van der Waals surface area contributed by atoms with E-state index in [-0.39, 0.29) is 28.3 Å². The molecule has 2 aromatic carbocycles. The van der Waals surface area contributed by atoms with Crippen LogP contribution in [0.15, 0.2) is 47.6 Å². The number of ether oxygens (including phenoxy) is 1. The highest BCUT2D eigenvalue weighted by Crippen LogP contribution is 2.32. The fourth-order valence-corrected chi connectivity index (χ4v) is 4.07. The Morgan fingerprint density at radius 1 is 1.19 bits per heavy atom. The van der Waals surface area contributed by atoms with Gasteiger partial charge in [-0.3, -0.25) is 19.5 Å². The van der Waals surface area contributed by atoms with E-state index in [0.717, 1.165) is 11.3 Å². The van der Waals surface area contributed by atoms with Crippen LogP contribution < -0.4 is 10.1 Å². The van der Waals surface area contributed by atoms with Gasteiger partial charge < -0.3 is 10.1 Å². The Morgan fingerprint density at radius 3 is 2.47 bits per heavy atom. The molecular weight excluding hydrogens is 454 g/mol. The molecule has 0 aliphatic heterocycles. The van der Waals surface area contributed by atoms with E-state index in [4.69, 9.17) is 16.3 Å². The number of benzene rings is 2. The number of hydrogen-bond acceptors (Lipinski definition) is 7. The molecule has 0 radical (unpaired) electrons. The molecule has 1 atom stereocenters. The number of methoxy groups -OCH3 is 1. The van der Waals surface area contributed by atoms with Gasteiger partial charge in [0, 0.05) is 23.7 Å². The highest BCUT2D eigenvalue weighted by atomic mass is 35.5. The van der Waals surface area contributed by atoms with E-state index in [9.17, 15) is 14.9 Å². The van der Waals surface area contributed by atoms with E-state index in [1.54, 1.807) is 14.0 Å². The molecule has 0 spiro atoms. The third-order valence-corrected chi connectivity index (χ3v) is 5.99. The number of halogens is 1. The van der Waals surface area contributed by atoms with Gasteiger partial charge in [-0.25, -0.2) is 0 Å². The lowest BCUT2D eigenvalue weighted by molar-refractivity contribution is -0.384. The number of aromatic nitrogens is 3. The number of thioether (sulfide) groups is 1. The quantitative estimate of drug-likeness (QED) is 0.270. The van der Waals surface area contributed by atoms with Gasteiger partial charge in [-0.2, -0.15) is 0 Å². The number of carbonyl (C=O) groups is 1. The summed E-state index contributed by atoms with van der Waals surface area (Å²) in [5, 5.41) is 22.5. The number of non-ortho nitro benzene ring substituents is 1. The SMILES string of the molecule is COc1ccc(-c2nnc(S[C@@H](C)C(=O)Nc3cc([N+](=O)[O-])ccc3Cl)n2C(C)C)cc1. The zero-order chi connectivity index (χ0) is 23.4. The lowest BCUT2D eigenvalue weighted by Crippen LogP contribution is -2.23. The van der Waals surface area contributed by atoms with Crippen LogP contribution in [0.4, 0.5) is 11.4 Å². The molecule has 3 aromatic rings. The van der Waals surface area contributed by atoms with Crippen molar-refractivity contribution >= 4 is 40.6 Å². The highest BCUT2D eigenvalue weighted by molar-refractivity contribution is 8.00. The van der Waals surface area contributed by atoms with E-state index in [1.165, 1.54) is 30.0 Å². The number of nitro groups is 1. The largest absolute Gasteiger partial charge is 0.497 e. The topological polar surface area (TPSA) is 112 Å². The van der Waals surface area contributed by atoms with E-state index in [2.05, 4.69) is 15.5 Å². The number of nitrogens with one attached hydrogen (secondary N) is 1. The van der Waals surface area contributed by atoms with Crippen molar-refractivity contribution in [1.29, 1.82) is 0 Å². The summed E-state index contributed by atoms with van der Waals surface area (Å²) < 4.78 is 7.16. The molecule has 0 bridgehead atoms. The average molecular weight is 476 g/mol. The molecule has 11 heteroatoms. The molecule has 9 nitrogen and oxygen atoms in total. The van der Waals surface area contributed by atoms with Crippen LogP contribution in [0.3, 0.4) is 0 Å². The molecule has 0 saturated carbocycles. The predicted molar refractivity (Wildman–Crippen MR) is 124 cm³/mol. The molecule has 168 valence electrons. The van der Waals surface area contributed by atoms with Crippen molar-refractivity contribution in [2.24, 2.45) is 0 Å². The molecule has 0 aliphatic rings. The van der Waals surface area contributed by atoms with Crippen LogP contribution in [0.1, 0.15) is 26.8 Å². The van der Waals surface area contributed by atoms with E-state index in [0.29, 0.717) is 11.0 Å². The number of carbonyl (C=O) groups excluding carboxylic acids is 1. The first kappa shape index (κ1) is 23.6. The number of nitrogens with zero attached hydrogens (tertiary/aromatic N) is 4. The summed E-state index contributed by atoms with van der Waals surface area (Å²) >= 11 is 7.33. The van der Waals surface area contributed by atoms with Crippen molar-refractivity contribution in [3.63, 3.8) is 0 Å². The highest BCUT2D eigenvalue weighted by Gasteiger charge is 2.23. The van der Waals surface area contributed by atoms with Crippen molar-refractivity contribution in [3.05, 3.63) is 57.6 Å². The summed E-state index contributed by atoms with van der Waals surface area (Å²) in [6.45, 7) is 5.74. The second-order valence-corrected chi connectivity index (χ2v) is 8.88. The van der Waals surface area contributed by atoms with Crippen molar-refractivity contribution < 1.29 is 14.5 Å². The zero-order valence-electron chi connectivity index (χ0n) is 17.9. The van der Waals surface area contributed by atoms with Gasteiger partial charge in [-0.15, -0.1) is 10.2 Å².